The summed E-state index contributed by atoms with van der Waals surface area (Å²) in [4.78, 5) is 0. The molecule has 0 aliphatic heterocycles. The van der Waals surface area contributed by atoms with Gasteiger partial charge in [0.15, 0.2) is 0 Å². The van der Waals surface area contributed by atoms with Crippen LogP contribution in [-0.4, -0.2) is 5.38 Å². The molecule has 2 unspecified atom stereocenters. The van der Waals surface area contributed by atoms with E-state index in [2.05, 4.69) is 49.4 Å². The van der Waals surface area contributed by atoms with Crippen LogP contribution in [0.5, 0.6) is 0 Å². The normalized spacial score (nSPS) is 18.8. The van der Waals surface area contributed by atoms with Crippen molar-refractivity contribution in [3.8, 4) is 0 Å². The Labute approximate surface area is 114 Å². The highest BCUT2D eigenvalue weighted by molar-refractivity contribution is 6.21. The molecule has 2 aromatic carbocycles. The summed E-state index contributed by atoms with van der Waals surface area (Å²) >= 11 is 6.60. The summed E-state index contributed by atoms with van der Waals surface area (Å²) in [6, 6.07) is 15.1. The van der Waals surface area contributed by atoms with Gasteiger partial charge < -0.3 is 0 Å². The van der Waals surface area contributed by atoms with Crippen LogP contribution in [-0.2, 0) is 6.42 Å². The summed E-state index contributed by atoms with van der Waals surface area (Å²) < 4.78 is 0. The van der Waals surface area contributed by atoms with Gasteiger partial charge in [-0.15, -0.1) is 11.6 Å². The number of fused-ring (bicyclic) bond motifs is 1. The van der Waals surface area contributed by atoms with E-state index in [0.717, 1.165) is 12.3 Å². The molecule has 1 aliphatic carbocycles. The molecule has 0 heterocycles. The van der Waals surface area contributed by atoms with Crippen LogP contribution in [0.15, 0.2) is 42.5 Å². The van der Waals surface area contributed by atoms with Gasteiger partial charge in [0, 0.05) is 5.38 Å². The van der Waals surface area contributed by atoms with E-state index in [1.807, 2.05) is 0 Å². The highest BCUT2D eigenvalue weighted by atomic mass is 35.5. The SMILES string of the molecule is CC(C(Cl)Cc1cccc2ccccc12)C1CC1. The van der Waals surface area contributed by atoms with Crippen molar-refractivity contribution in [2.24, 2.45) is 11.8 Å². The molecule has 0 bridgehead atoms. The van der Waals surface area contributed by atoms with Crippen molar-refractivity contribution in [3.05, 3.63) is 48.0 Å². The Bertz CT molecular complexity index is 537. The molecule has 18 heavy (non-hydrogen) atoms. The lowest BCUT2D eigenvalue weighted by Crippen LogP contribution is -2.16. The molecule has 0 saturated heterocycles. The quantitative estimate of drug-likeness (QED) is 0.675. The Kier molecular flexibility index (Phi) is 3.30. The standard InChI is InChI=1S/C17H19Cl/c1-12(13-9-10-13)17(18)11-15-7-4-6-14-5-2-3-8-16(14)15/h2-8,12-13,17H,9-11H2,1H3. The van der Waals surface area contributed by atoms with E-state index >= 15 is 0 Å². The molecule has 0 spiro atoms. The van der Waals surface area contributed by atoms with Gasteiger partial charge in [-0.25, -0.2) is 0 Å². The van der Waals surface area contributed by atoms with Gasteiger partial charge in [-0.2, -0.15) is 0 Å². The maximum atomic E-state index is 6.60. The Morgan fingerprint density at radius 1 is 1.11 bits per heavy atom. The van der Waals surface area contributed by atoms with Gasteiger partial charge in [0.25, 0.3) is 0 Å². The Balaban J connectivity index is 1.85. The van der Waals surface area contributed by atoms with Crippen molar-refractivity contribution >= 4 is 22.4 Å². The second-order valence-electron chi connectivity index (χ2n) is 5.55. The number of halogens is 1. The van der Waals surface area contributed by atoms with Crippen LogP contribution in [0, 0.1) is 11.8 Å². The predicted octanol–water partition coefficient (Wildman–Crippen LogP) is 5.04. The molecule has 2 atom stereocenters. The Morgan fingerprint density at radius 3 is 2.61 bits per heavy atom. The molecule has 0 aromatic heterocycles. The first kappa shape index (κ1) is 12.0. The van der Waals surface area contributed by atoms with Crippen LogP contribution in [0.3, 0.4) is 0 Å². The lowest BCUT2D eigenvalue weighted by Gasteiger charge is -2.18. The van der Waals surface area contributed by atoms with E-state index in [4.69, 9.17) is 11.6 Å². The lowest BCUT2D eigenvalue weighted by atomic mass is 9.94. The zero-order valence-electron chi connectivity index (χ0n) is 10.8. The minimum Gasteiger partial charge on any atom is -0.122 e. The van der Waals surface area contributed by atoms with E-state index in [9.17, 15) is 0 Å². The molecule has 0 radical (unpaired) electrons. The largest absolute Gasteiger partial charge is 0.122 e. The van der Waals surface area contributed by atoms with E-state index in [-0.39, 0.29) is 5.38 Å². The molecule has 2 aromatic rings. The molecule has 1 heteroatoms. The predicted molar refractivity (Wildman–Crippen MR) is 79.2 cm³/mol. The number of alkyl halides is 1. The average molecular weight is 259 g/mol. The van der Waals surface area contributed by atoms with Gasteiger partial charge in [0.05, 0.1) is 0 Å². The van der Waals surface area contributed by atoms with Crippen molar-refractivity contribution in [1.82, 2.24) is 0 Å². The number of rotatable bonds is 4. The fourth-order valence-corrected chi connectivity index (χ4v) is 3.16. The van der Waals surface area contributed by atoms with Crippen molar-refractivity contribution in [3.63, 3.8) is 0 Å². The summed E-state index contributed by atoms with van der Waals surface area (Å²) in [5.41, 5.74) is 1.39. The van der Waals surface area contributed by atoms with E-state index in [0.29, 0.717) is 5.92 Å². The molecule has 0 N–H and O–H groups in total. The van der Waals surface area contributed by atoms with Crippen molar-refractivity contribution in [2.75, 3.05) is 0 Å². The zero-order chi connectivity index (χ0) is 12.5. The molecule has 94 valence electrons. The number of benzene rings is 2. The summed E-state index contributed by atoms with van der Waals surface area (Å²) in [6.45, 7) is 2.31. The average Bonchev–Trinajstić information content (AvgIpc) is 3.22. The number of hydrogen-bond acceptors (Lipinski definition) is 0. The van der Waals surface area contributed by atoms with E-state index in [1.54, 1.807) is 0 Å². The topological polar surface area (TPSA) is 0 Å². The van der Waals surface area contributed by atoms with Crippen LogP contribution < -0.4 is 0 Å². The fourth-order valence-electron chi connectivity index (χ4n) is 2.78. The van der Waals surface area contributed by atoms with E-state index < -0.39 is 0 Å². The maximum Gasteiger partial charge on any atom is 0.0404 e. The third kappa shape index (κ3) is 2.40. The monoisotopic (exact) mass is 258 g/mol. The van der Waals surface area contributed by atoms with Crippen LogP contribution >= 0.6 is 11.6 Å². The molecule has 3 rings (SSSR count). The maximum absolute atomic E-state index is 6.60. The summed E-state index contributed by atoms with van der Waals surface area (Å²) in [5, 5.41) is 2.94. The molecule has 0 amide bonds. The molecule has 1 fully saturated rings. The first-order valence-electron chi connectivity index (χ1n) is 6.86. The summed E-state index contributed by atoms with van der Waals surface area (Å²) in [6.07, 6.45) is 3.74. The van der Waals surface area contributed by atoms with Crippen LogP contribution in [0.2, 0.25) is 0 Å². The smallest absolute Gasteiger partial charge is 0.0404 e. The third-order valence-electron chi connectivity index (χ3n) is 4.23. The fraction of sp³-hybridized carbons (Fsp3) is 0.412. The highest BCUT2D eigenvalue weighted by Gasteiger charge is 2.32. The third-order valence-corrected chi connectivity index (χ3v) is 4.78. The van der Waals surface area contributed by atoms with Crippen LogP contribution in [0.4, 0.5) is 0 Å². The Hall–Kier alpha value is -1.01. The second-order valence-corrected chi connectivity index (χ2v) is 6.12. The molecular formula is C17H19Cl. The molecule has 1 saturated carbocycles. The zero-order valence-corrected chi connectivity index (χ0v) is 11.5. The van der Waals surface area contributed by atoms with Crippen LogP contribution in [0.1, 0.15) is 25.3 Å². The number of hydrogen-bond donors (Lipinski definition) is 0. The molecular weight excluding hydrogens is 240 g/mol. The molecule has 1 aliphatic rings. The van der Waals surface area contributed by atoms with Gasteiger partial charge in [-0.1, -0.05) is 49.4 Å². The van der Waals surface area contributed by atoms with Gasteiger partial charge in [-0.3, -0.25) is 0 Å². The second kappa shape index (κ2) is 4.93. The van der Waals surface area contributed by atoms with Crippen molar-refractivity contribution in [2.45, 2.75) is 31.6 Å². The highest BCUT2D eigenvalue weighted by Crippen LogP contribution is 2.40. The van der Waals surface area contributed by atoms with Crippen LogP contribution in [0.25, 0.3) is 10.8 Å². The van der Waals surface area contributed by atoms with Crippen molar-refractivity contribution in [1.29, 1.82) is 0 Å². The van der Waals surface area contributed by atoms with Gasteiger partial charge in [-0.05, 0) is 47.4 Å². The Morgan fingerprint density at radius 2 is 1.83 bits per heavy atom. The van der Waals surface area contributed by atoms with Gasteiger partial charge >= 0.3 is 0 Å². The molecule has 0 nitrogen and oxygen atoms in total. The first-order chi connectivity index (χ1) is 8.75. The van der Waals surface area contributed by atoms with Crippen molar-refractivity contribution < 1.29 is 0 Å². The van der Waals surface area contributed by atoms with E-state index in [1.165, 1.54) is 29.2 Å². The minimum absolute atomic E-state index is 0.267. The summed E-state index contributed by atoms with van der Waals surface area (Å²) in [5.74, 6) is 1.52. The van der Waals surface area contributed by atoms with Gasteiger partial charge in [0.2, 0.25) is 0 Å². The minimum atomic E-state index is 0.267. The first-order valence-corrected chi connectivity index (χ1v) is 7.30. The lowest BCUT2D eigenvalue weighted by molar-refractivity contribution is 0.479. The van der Waals surface area contributed by atoms with Gasteiger partial charge in [0.1, 0.15) is 0 Å². The summed E-state index contributed by atoms with van der Waals surface area (Å²) in [7, 11) is 0.